The monoisotopic (exact) mass is 330 g/mol. The molecule has 0 unspecified atom stereocenters. The lowest BCUT2D eigenvalue weighted by atomic mass is 10.1. The molecule has 5 heteroatoms. The van der Waals surface area contributed by atoms with Crippen LogP contribution in [0.5, 0.6) is 5.75 Å². The Balaban J connectivity index is 1.77. The zero-order valence-corrected chi connectivity index (χ0v) is 14.9. The molecule has 1 aromatic heterocycles. The van der Waals surface area contributed by atoms with Crippen molar-refractivity contribution in [1.82, 2.24) is 10.1 Å². The molecule has 0 bridgehead atoms. The van der Waals surface area contributed by atoms with Gasteiger partial charge in [0, 0.05) is 25.6 Å². The van der Waals surface area contributed by atoms with Crippen LogP contribution in [0.1, 0.15) is 54.9 Å². The Morgan fingerprint density at radius 1 is 1.33 bits per heavy atom. The van der Waals surface area contributed by atoms with Gasteiger partial charge in [0.2, 0.25) is 0 Å². The minimum absolute atomic E-state index is 0.126. The van der Waals surface area contributed by atoms with E-state index in [9.17, 15) is 4.79 Å². The van der Waals surface area contributed by atoms with Crippen molar-refractivity contribution in [3.05, 3.63) is 47.3 Å². The zero-order valence-electron chi connectivity index (χ0n) is 14.9. The maximum Gasteiger partial charge on any atom is 0.275 e. The molecular formula is C19H26N2O3. The van der Waals surface area contributed by atoms with Crippen LogP contribution < -0.4 is 4.74 Å². The van der Waals surface area contributed by atoms with Crippen molar-refractivity contribution in [3.63, 3.8) is 0 Å². The van der Waals surface area contributed by atoms with Gasteiger partial charge in [-0.1, -0.05) is 38.1 Å². The van der Waals surface area contributed by atoms with Crippen molar-refractivity contribution >= 4 is 5.91 Å². The molecule has 0 fully saturated rings. The summed E-state index contributed by atoms with van der Waals surface area (Å²) in [6.07, 6.45) is 1.75. The molecule has 0 N–H and O–H groups in total. The number of rotatable bonds is 8. The molecule has 1 heterocycles. The molecule has 0 saturated heterocycles. The highest BCUT2D eigenvalue weighted by Crippen LogP contribution is 2.16. The van der Waals surface area contributed by atoms with Gasteiger partial charge in [-0.3, -0.25) is 4.79 Å². The van der Waals surface area contributed by atoms with Gasteiger partial charge in [0.05, 0.1) is 6.61 Å². The number of hydrogen-bond acceptors (Lipinski definition) is 4. The standard InChI is InChI=1S/C19H26N2O3/c1-5-15-8-6-9-16(12-15)23-11-7-10-21(4)19(22)17-13-18(14(2)3)24-20-17/h6,8-9,12-14H,5,7,10-11H2,1-4H3. The van der Waals surface area contributed by atoms with Crippen molar-refractivity contribution < 1.29 is 14.1 Å². The molecule has 24 heavy (non-hydrogen) atoms. The Kier molecular flexibility index (Phi) is 6.41. The summed E-state index contributed by atoms with van der Waals surface area (Å²) in [6.45, 7) is 7.30. The molecule has 1 aromatic carbocycles. The maximum atomic E-state index is 12.3. The third-order valence-electron chi connectivity index (χ3n) is 3.88. The van der Waals surface area contributed by atoms with Gasteiger partial charge in [0.15, 0.2) is 5.69 Å². The second-order valence-electron chi connectivity index (χ2n) is 6.20. The zero-order chi connectivity index (χ0) is 17.5. The molecule has 1 amide bonds. The topological polar surface area (TPSA) is 55.6 Å². The SMILES string of the molecule is CCc1cccc(OCCCN(C)C(=O)c2cc(C(C)C)on2)c1. The highest BCUT2D eigenvalue weighted by Gasteiger charge is 2.17. The summed E-state index contributed by atoms with van der Waals surface area (Å²) in [5.74, 6) is 1.70. The number of carbonyl (C=O) groups excluding carboxylic acids is 1. The van der Waals surface area contributed by atoms with Crippen molar-refractivity contribution in [2.75, 3.05) is 20.2 Å². The highest BCUT2D eigenvalue weighted by molar-refractivity contribution is 5.92. The van der Waals surface area contributed by atoms with Gasteiger partial charge < -0.3 is 14.2 Å². The lowest BCUT2D eigenvalue weighted by Crippen LogP contribution is -2.28. The van der Waals surface area contributed by atoms with Crippen molar-refractivity contribution in [3.8, 4) is 5.75 Å². The van der Waals surface area contributed by atoms with Gasteiger partial charge in [0.25, 0.3) is 5.91 Å². The molecule has 0 spiro atoms. The molecule has 0 atom stereocenters. The minimum atomic E-state index is -0.126. The average molecular weight is 330 g/mol. The van der Waals surface area contributed by atoms with E-state index in [0.29, 0.717) is 18.8 Å². The van der Waals surface area contributed by atoms with Gasteiger partial charge in [-0.05, 0) is 30.5 Å². The lowest BCUT2D eigenvalue weighted by Gasteiger charge is -2.15. The smallest absolute Gasteiger partial charge is 0.275 e. The summed E-state index contributed by atoms with van der Waals surface area (Å²) < 4.78 is 10.9. The summed E-state index contributed by atoms with van der Waals surface area (Å²) in [5.41, 5.74) is 1.62. The quantitative estimate of drug-likeness (QED) is 0.689. The molecule has 130 valence electrons. The number of aryl methyl sites for hydroxylation is 1. The Hall–Kier alpha value is -2.30. The first kappa shape index (κ1) is 18.0. The van der Waals surface area contributed by atoms with Crippen LogP contribution in [0.4, 0.5) is 0 Å². The largest absolute Gasteiger partial charge is 0.494 e. The van der Waals surface area contributed by atoms with Gasteiger partial charge in [-0.25, -0.2) is 0 Å². The first-order chi connectivity index (χ1) is 11.5. The molecule has 0 aliphatic rings. The average Bonchev–Trinajstić information content (AvgIpc) is 3.08. The fourth-order valence-corrected chi connectivity index (χ4v) is 2.31. The van der Waals surface area contributed by atoms with E-state index >= 15 is 0 Å². The Labute approximate surface area is 143 Å². The number of benzene rings is 1. The summed E-state index contributed by atoms with van der Waals surface area (Å²) in [5, 5.41) is 3.86. The minimum Gasteiger partial charge on any atom is -0.494 e. The van der Waals surface area contributed by atoms with Crippen LogP contribution in [0.3, 0.4) is 0 Å². The number of ether oxygens (including phenoxy) is 1. The van der Waals surface area contributed by atoms with Crippen molar-refractivity contribution in [1.29, 1.82) is 0 Å². The van der Waals surface area contributed by atoms with Crippen LogP contribution in [0.2, 0.25) is 0 Å². The number of carbonyl (C=O) groups is 1. The fourth-order valence-electron chi connectivity index (χ4n) is 2.31. The molecule has 0 aliphatic heterocycles. The van der Waals surface area contributed by atoms with Gasteiger partial charge >= 0.3 is 0 Å². The Bertz CT molecular complexity index is 664. The Morgan fingerprint density at radius 2 is 2.12 bits per heavy atom. The summed E-state index contributed by atoms with van der Waals surface area (Å²) in [4.78, 5) is 13.9. The van der Waals surface area contributed by atoms with E-state index in [1.165, 1.54) is 5.56 Å². The van der Waals surface area contributed by atoms with E-state index in [2.05, 4.69) is 24.2 Å². The van der Waals surface area contributed by atoms with Crippen molar-refractivity contribution in [2.45, 2.75) is 39.5 Å². The van der Waals surface area contributed by atoms with Crippen LogP contribution >= 0.6 is 0 Å². The van der Waals surface area contributed by atoms with E-state index < -0.39 is 0 Å². The summed E-state index contributed by atoms with van der Waals surface area (Å²) >= 11 is 0. The van der Waals surface area contributed by atoms with Crippen LogP contribution in [0, 0.1) is 0 Å². The number of hydrogen-bond donors (Lipinski definition) is 0. The fraction of sp³-hybridized carbons (Fsp3) is 0.474. The van der Waals surface area contributed by atoms with Crippen LogP contribution in [0.15, 0.2) is 34.9 Å². The van der Waals surface area contributed by atoms with Crippen LogP contribution in [-0.4, -0.2) is 36.2 Å². The van der Waals surface area contributed by atoms with E-state index in [1.807, 2.05) is 26.0 Å². The van der Waals surface area contributed by atoms with E-state index in [4.69, 9.17) is 9.26 Å². The van der Waals surface area contributed by atoms with Crippen molar-refractivity contribution in [2.24, 2.45) is 0 Å². The van der Waals surface area contributed by atoms with Crippen LogP contribution in [0.25, 0.3) is 0 Å². The van der Waals surface area contributed by atoms with Gasteiger partial charge in [-0.2, -0.15) is 0 Å². The van der Waals surface area contributed by atoms with E-state index in [0.717, 1.165) is 24.4 Å². The van der Waals surface area contributed by atoms with Gasteiger partial charge in [-0.15, -0.1) is 0 Å². The number of aromatic nitrogens is 1. The maximum absolute atomic E-state index is 12.3. The number of amides is 1. The lowest BCUT2D eigenvalue weighted by molar-refractivity contribution is 0.0777. The highest BCUT2D eigenvalue weighted by atomic mass is 16.5. The first-order valence-electron chi connectivity index (χ1n) is 8.45. The van der Waals surface area contributed by atoms with Crippen LogP contribution in [-0.2, 0) is 6.42 Å². The number of nitrogens with zero attached hydrogens (tertiary/aromatic N) is 2. The molecular weight excluding hydrogens is 304 g/mol. The molecule has 0 radical (unpaired) electrons. The van der Waals surface area contributed by atoms with Gasteiger partial charge in [0.1, 0.15) is 11.5 Å². The predicted octanol–water partition coefficient (Wildman–Crippen LogP) is 3.90. The summed E-state index contributed by atoms with van der Waals surface area (Å²) in [6, 6.07) is 9.81. The molecule has 2 rings (SSSR count). The third kappa shape index (κ3) is 4.85. The van der Waals surface area contributed by atoms with E-state index in [-0.39, 0.29) is 11.8 Å². The first-order valence-corrected chi connectivity index (χ1v) is 8.45. The second kappa shape index (κ2) is 8.52. The second-order valence-corrected chi connectivity index (χ2v) is 6.20. The van der Waals surface area contributed by atoms with E-state index in [1.54, 1.807) is 18.0 Å². The predicted molar refractivity (Wildman–Crippen MR) is 93.5 cm³/mol. The molecule has 5 nitrogen and oxygen atoms in total. The normalized spacial score (nSPS) is 10.9. The Morgan fingerprint density at radius 3 is 2.79 bits per heavy atom. The molecule has 0 saturated carbocycles. The molecule has 2 aromatic rings. The summed E-state index contributed by atoms with van der Waals surface area (Å²) in [7, 11) is 1.77. The third-order valence-corrected chi connectivity index (χ3v) is 3.88. The molecule has 0 aliphatic carbocycles.